The standard InChI is InChI=1S/C24H39NOS/c1-15-12-16-13-17(27-18-8-11-25-14-18)6-9-23(16,2)20-7-10-24(3)19(22(15)20)4-5-21(24)26/h15-20,22,25H,4-14H2,1-3H3/t15?,16?,17?,18-,19+,20-,22+,23+,24+/m1/s1. The van der Waals surface area contributed by atoms with E-state index in [0.29, 0.717) is 17.1 Å². The first-order chi connectivity index (χ1) is 12.9. The van der Waals surface area contributed by atoms with Gasteiger partial charge in [0.25, 0.3) is 0 Å². The predicted molar refractivity (Wildman–Crippen MR) is 114 cm³/mol. The first kappa shape index (κ1) is 19.0. The summed E-state index contributed by atoms with van der Waals surface area (Å²) in [7, 11) is 0. The molecule has 4 saturated carbocycles. The highest BCUT2D eigenvalue weighted by Crippen LogP contribution is 2.67. The lowest BCUT2D eigenvalue weighted by Gasteiger charge is -2.62. The third-order valence-electron chi connectivity index (χ3n) is 10.1. The average molecular weight is 390 g/mol. The van der Waals surface area contributed by atoms with Crippen LogP contribution in [0.4, 0.5) is 0 Å². The van der Waals surface area contributed by atoms with Crippen molar-refractivity contribution in [3.05, 3.63) is 0 Å². The average Bonchev–Trinajstić information content (AvgIpc) is 3.25. The van der Waals surface area contributed by atoms with Gasteiger partial charge in [-0.1, -0.05) is 20.8 Å². The number of thioether (sulfide) groups is 1. The number of carbonyl (C=O) groups is 1. The lowest BCUT2D eigenvalue weighted by molar-refractivity contribution is -0.146. The largest absolute Gasteiger partial charge is 0.316 e. The zero-order valence-corrected chi connectivity index (χ0v) is 18.5. The van der Waals surface area contributed by atoms with E-state index in [4.69, 9.17) is 0 Å². The lowest BCUT2D eigenvalue weighted by atomic mass is 9.43. The number of Topliss-reactive ketones (excluding diaryl/α,β-unsaturated/α-hetero) is 1. The van der Waals surface area contributed by atoms with Gasteiger partial charge in [0.15, 0.2) is 0 Å². The number of rotatable bonds is 2. The Balaban J connectivity index is 1.34. The molecule has 0 radical (unpaired) electrons. The van der Waals surface area contributed by atoms with Crippen LogP contribution in [0.1, 0.15) is 78.6 Å². The molecule has 9 atom stereocenters. The zero-order valence-electron chi connectivity index (χ0n) is 17.6. The summed E-state index contributed by atoms with van der Waals surface area (Å²) in [5, 5.41) is 5.32. The second-order valence-corrected chi connectivity index (χ2v) is 12.9. The molecule has 0 bridgehead atoms. The van der Waals surface area contributed by atoms with E-state index in [0.717, 1.165) is 40.6 Å². The smallest absolute Gasteiger partial charge is 0.139 e. The Morgan fingerprint density at radius 3 is 2.63 bits per heavy atom. The van der Waals surface area contributed by atoms with Crippen LogP contribution in [0.3, 0.4) is 0 Å². The minimum Gasteiger partial charge on any atom is -0.316 e. The molecule has 2 nitrogen and oxygen atoms in total. The molecular formula is C24H39NOS. The molecule has 0 spiro atoms. The number of fused-ring (bicyclic) bond motifs is 5. The van der Waals surface area contributed by atoms with Crippen molar-refractivity contribution < 1.29 is 4.79 Å². The Bertz CT molecular complexity index is 601. The van der Waals surface area contributed by atoms with E-state index in [1.807, 2.05) is 0 Å². The number of carbonyl (C=O) groups excluding carboxylic acids is 1. The molecule has 0 amide bonds. The quantitative estimate of drug-likeness (QED) is 0.694. The van der Waals surface area contributed by atoms with E-state index in [1.54, 1.807) is 0 Å². The van der Waals surface area contributed by atoms with E-state index in [9.17, 15) is 4.79 Å². The Morgan fingerprint density at radius 1 is 1.00 bits per heavy atom. The van der Waals surface area contributed by atoms with Crippen LogP contribution in [0.25, 0.3) is 0 Å². The molecule has 5 rings (SSSR count). The maximum Gasteiger partial charge on any atom is 0.139 e. The number of hydrogen-bond donors (Lipinski definition) is 1. The maximum absolute atomic E-state index is 12.7. The first-order valence-electron chi connectivity index (χ1n) is 11.8. The molecule has 0 aromatic carbocycles. The minimum atomic E-state index is 0.0289. The van der Waals surface area contributed by atoms with Crippen molar-refractivity contribution in [1.29, 1.82) is 0 Å². The second-order valence-electron chi connectivity index (χ2n) is 11.3. The fourth-order valence-corrected chi connectivity index (χ4v) is 10.1. The molecule has 1 saturated heterocycles. The Labute approximate surface area is 170 Å². The van der Waals surface area contributed by atoms with Crippen LogP contribution >= 0.6 is 11.8 Å². The van der Waals surface area contributed by atoms with Crippen LogP contribution in [0, 0.1) is 40.4 Å². The van der Waals surface area contributed by atoms with Crippen molar-refractivity contribution in [1.82, 2.24) is 5.32 Å². The fraction of sp³-hybridized carbons (Fsp3) is 0.958. The van der Waals surface area contributed by atoms with E-state index >= 15 is 0 Å². The first-order valence-corrected chi connectivity index (χ1v) is 12.8. The molecule has 4 aliphatic carbocycles. The van der Waals surface area contributed by atoms with E-state index in [1.165, 1.54) is 64.5 Å². The molecule has 1 heterocycles. The van der Waals surface area contributed by atoms with Gasteiger partial charge in [-0.2, -0.15) is 11.8 Å². The highest BCUT2D eigenvalue weighted by molar-refractivity contribution is 8.00. The third kappa shape index (κ3) is 2.88. The Hall–Kier alpha value is -0.0200. The zero-order chi connectivity index (χ0) is 18.8. The molecule has 0 aromatic heterocycles. The number of nitrogens with one attached hydrogen (secondary N) is 1. The van der Waals surface area contributed by atoms with Crippen LogP contribution < -0.4 is 5.32 Å². The van der Waals surface area contributed by atoms with Gasteiger partial charge in [0, 0.05) is 28.9 Å². The second kappa shape index (κ2) is 6.76. The molecule has 1 aliphatic heterocycles. The summed E-state index contributed by atoms with van der Waals surface area (Å²) in [6, 6.07) is 0. The highest BCUT2D eigenvalue weighted by Gasteiger charge is 2.61. The fourth-order valence-electron chi connectivity index (χ4n) is 8.51. The summed E-state index contributed by atoms with van der Waals surface area (Å²) in [4.78, 5) is 12.7. The number of hydrogen-bond acceptors (Lipinski definition) is 3. The van der Waals surface area contributed by atoms with Crippen molar-refractivity contribution in [2.24, 2.45) is 40.4 Å². The molecule has 5 fully saturated rings. The van der Waals surface area contributed by atoms with Gasteiger partial charge in [0.05, 0.1) is 0 Å². The molecule has 0 aromatic rings. The van der Waals surface area contributed by atoms with Gasteiger partial charge >= 0.3 is 0 Å². The summed E-state index contributed by atoms with van der Waals surface area (Å²) in [6.45, 7) is 10.00. The van der Waals surface area contributed by atoms with Gasteiger partial charge in [-0.05, 0) is 92.9 Å². The topological polar surface area (TPSA) is 29.1 Å². The SMILES string of the molecule is CC1CC2CC(S[C@@H]3CCNC3)CC[C@]2(C)[C@@H]2CC[C@]3(C)C(=O)CC[C@H]3[C@H]12. The summed E-state index contributed by atoms with van der Waals surface area (Å²) in [6.07, 6.45) is 11.7. The van der Waals surface area contributed by atoms with Gasteiger partial charge in [-0.15, -0.1) is 0 Å². The highest BCUT2D eigenvalue weighted by atomic mass is 32.2. The van der Waals surface area contributed by atoms with Gasteiger partial charge in [0.1, 0.15) is 5.78 Å². The molecule has 5 aliphatic rings. The van der Waals surface area contributed by atoms with Crippen molar-refractivity contribution in [2.75, 3.05) is 13.1 Å². The van der Waals surface area contributed by atoms with Crippen molar-refractivity contribution >= 4 is 17.5 Å². The van der Waals surface area contributed by atoms with Gasteiger partial charge in [-0.3, -0.25) is 4.79 Å². The van der Waals surface area contributed by atoms with Crippen LogP contribution in [-0.2, 0) is 4.79 Å². The molecule has 3 unspecified atom stereocenters. The molecule has 152 valence electrons. The number of ketones is 1. The summed E-state index contributed by atoms with van der Waals surface area (Å²) < 4.78 is 0. The Morgan fingerprint density at radius 2 is 1.85 bits per heavy atom. The van der Waals surface area contributed by atoms with E-state index < -0.39 is 0 Å². The molecule has 3 heteroatoms. The van der Waals surface area contributed by atoms with E-state index in [2.05, 4.69) is 37.8 Å². The Kier molecular flexibility index (Phi) is 4.75. The maximum atomic E-state index is 12.7. The van der Waals surface area contributed by atoms with Gasteiger partial charge < -0.3 is 5.32 Å². The van der Waals surface area contributed by atoms with Crippen molar-refractivity contribution in [3.63, 3.8) is 0 Å². The van der Waals surface area contributed by atoms with Gasteiger partial charge in [-0.25, -0.2) is 0 Å². The van der Waals surface area contributed by atoms with Crippen molar-refractivity contribution in [2.45, 2.75) is 89.1 Å². The molecule has 1 N–H and O–H groups in total. The van der Waals surface area contributed by atoms with Gasteiger partial charge in [0.2, 0.25) is 0 Å². The predicted octanol–water partition coefficient (Wildman–Crippen LogP) is 5.31. The summed E-state index contributed by atoms with van der Waals surface area (Å²) in [5.41, 5.74) is 0.580. The normalized spacial score (nSPS) is 55.1. The molecule has 27 heavy (non-hydrogen) atoms. The van der Waals surface area contributed by atoms with Crippen LogP contribution in [0.2, 0.25) is 0 Å². The summed E-state index contributed by atoms with van der Waals surface area (Å²) in [5.74, 6) is 4.73. The minimum absolute atomic E-state index is 0.0289. The van der Waals surface area contributed by atoms with Crippen molar-refractivity contribution in [3.8, 4) is 0 Å². The van der Waals surface area contributed by atoms with Crippen LogP contribution in [-0.4, -0.2) is 29.4 Å². The van der Waals surface area contributed by atoms with Crippen LogP contribution in [0.5, 0.6) is 0 Å². The van der Waals surface area contributed by atoms with E-state index in [-0.39, 0.29) is 5.41 Å². The summed E-state index contributed by atoms with van der Waals surface area (Å²) >= 11 is 2.32. The molecular weight excluding hydrogens is 350 g/mol. The lowest BCUT2D eigenvalue weighted by Crippen LogP contribution is -2.56. The monoisotopic (exact) mass is 389 g/mol. The third-order valence-corrected chi connectivity index (χ3v) is 11.7. The van der Waals surface area contributed by atoms with Crippen LogP contribution in [0.15, 0.2) is 0 Å².